The number of carboxylic acid groups (broad SMARTS) is 1. The minimum absolute atomic E-state index is 0.0107. The van der Waals surface area contributed by atoms with E-state index in [0.717, 1.165) is 13.0 Å². The fourth-order valence-electron chi connectivity index (χ4n) is 3.35. The van der Waals surface area contributed by atoms with Gasteiger partial charge in [0.25, 0.3) is 0 Å². The van der Waals surface area contributed by atoms with Gasteiger partial charge in [0.15, 0.2) is 0 Å². The van der Waals surface area contributed by atoms with Crippen molar-refractivity contribution in [2.24, 2.45) is 11.8 Å². The molecule has 5 heteroatoms. The highest BCUT2D eigenvalue weighted by molar-refractivity contribution is 5.71. The summed E-state index contributed by atoms with van der Waals surface area (Å²) in [5, 5.41) is 9.04. The number of hydrogen-bond acceptors (Lipinski definition) is 2. The highest BCUT2D eigenvalue weighted by Gasteiger charge is 2.40. The lowest BCUT2D eigenvalue weighted by molar-refractivity contribution is -0.142. The first-order valence-electron chi connectivity index (χ1n) is 6.74. The van der Waals surface area contributed by atoms with Gasteiger partial charge >= 0.3 is 5.97 Å². The maximum Gasteiger partial charge on any atom is 0.308 e. The molecule has 3 nitrogen and oxygen atoms in total. The lowest BCUT2D eigenvalue weighted by atomic mass is 9.86. The monoisotopic (exact) mass is 261 g/mol. The van der Waals surface area contributed by atoms with E-state index in [2.05, 4.69) is 4.90 Å². The Bertz CT molecular complexity index is 322. The molecule has 0 aromatic rings. The highest BCUT2D eigenvalue weighted by atomic mass is 19.3. The van der Waals surface area contributed by atoms with Crippen LogP contribution in [0.15, 0.2) is 0 Å². The van der Waals surface area contributed by atoms with Crippen molar-refractivity contribution in [1.29, 1.82) is 0 Å². The summed E-state index contributed by atoms with van der Waals surface area (Å²) >= 11 is 0. The Balaban J connectivity index is 1.89. The van der Waals surface area contributed by atoms with Crippen LogP contribution in [0, 0.1) is 11.8 Å². The van der Waals surface area contributed by atoms with Crippen molar-refractivity contribution in [3.05, 3.63) is 0 Å². The number of carbonyl (C=O) groups is 1. The van der Waals surface area contributed by atoms with E-state index in [9.17, 15) is 13.6 Å². The van der Waals surface area contributed by atoms with Crippen LogP contribution >= 0.6 is 0 Å². The van der Waals surface area contributed by atoms with E-state index in [4.69, 9.17) is 5.11 Å². The van der Waals surface area contributed by atoms with Crippen LogP contribution in [0.2, 0.25) is 0 Å². The molecule has 104 valence electrons. The predicted octanol–water partition coefficient (Wildman–Crippen LogP) is 2.61. The third kappa shape index (κ3) is 2.99. The van der Waals surface area contributed by atoms with Gasteiger partial charge in [0.05, 0.1) is 5.92 Å². The summed E-state index contributed by atoms with van der Waals surface area (Å²) in [4.78, 5) is 13.1. The van der Waals surface area contributed by atoms with Crippen molar-refractivity contribution < 1.29 is 18.7 Å². The van der Waals surface area contributed by atoms with Crippen molar-refractivity contribution >= 4 is 5.97 Å². The minimum Gasteiger partial charge on any atom is -0.481 e. The summed E-state index contributed by atoms with van der Waals surface area (Å²) in [5.41, 5.74) is 0. The Morgan fingerprint density at radius 3 is 2.72 bits per heavy atom. The lowest BCUT2D eigenvalue weighted by Gasteiger charge is -2.33. The van der Waals surface area contributed by atoms with Crippen LogP contribution in [-0.4, -0.2) is 41.0 Å². The third-order valence-corrected chi connectivity index (χ3v) is 4.44. The van der Waals surface area contributed by atoms with Crippen molar-refractivity contribution in [3.8, 4) is 0 Å². The fraction of sp³-hybridized carbons (Fsp3) is 0.923. The van der Waals surface area contributed by atoms with Crippen LogP contribution in [0.5, 0.6) is 0 Å². The Morgan fingerprint density at radius 1 is 1.44 bits per heavy atom. The molecule has 0 aromatic carbocycles. The first kappa shape index (κ1) is 13.7. The molecule has 2 aliphatic rings. The second-order valence-corrected chi connectivity index (χ2v) is 5.79. The number of likely N-dealkylation sites (tertiary alicyclic amines) is 1. The molecule has 0 spiro atoms. The average molecular weight is 261 g/mol. The van der Waals surface area contributed by atoms with Gasteiger partial charge < -0.3 is 5.11 Å². The smallest absolute Gasteiger partial charge is 0.308 e. The van der Waals surface area contributed by atoms with Crippen LogP contribution in [0.3, 0.4) is 0 Å². The highest BCUT2D eigenvalue weighted by Crippen LogP contribution is 2.38. The number of aliphatic carboxylic acids is 1. The van der Waals surface area contributed by atoms with E-state index in [1.54, 1.807) is 0 Å². The van der Waals surface area contributed by atoms with E-state index in [1.807, 2.05) is 6.92 Å². The first-order valence-corrected chi connectivity index (χ1v) is 6.74. The standard InChI is InChI=1S/C13H21F2NO2/c1-9-11(12(17)18)4-6-16(9)8-10-3-2-5-13(14,15)7-10/h9-11H,2-8H2,1H3,(H,17,18). The molecule has 2 fully saturated rings. The van der Waals surface area contributed by atoms with E-state index < -0.39 is 11.9 Å². The van der Waals surface area contributed by atoms with Gasteiger partial charge in [0.2, 0.25) is 5.92 Å². The van der Waals surface area contributed by atoms with E-state index in [1.165, 1.54) is 0 Å². The average Bonchev–Trinajstić information content (AvgIpc) is 2.59. The van der Waals surface area contributed by atoms with Crippen LogP contribution < -0.4 is 0 Å². The molecular formula is C13H21F2NO2. The maximum atomic E-state index is 13.3. The van der Waals surface area contributed by atoms with Gasteiger partial charge in [-0.3, -0.25) is 9.69 Å². The molecule has 0 bridgehead atoms. The van der Waals surface area contributed by atoms with Gasteiger partial charge in [0.1, 0.15) is 0 Å². The Labute approximate surface area is 106 Å². The molecule has 1 heterocycles. The Kier molecular flexibility index (Phi) is 3.90. The summed E-state index contributed by atoms with van der Waals surface area (Å²) in [6.07, 6.45) is 2.04. The zero-order valence-electron chi connectivity index (χ0n) is 10.7. The summed E-state index contributed by atoms with van der Waals surface area (Å²) in [6.45, 7) is 3.24. The van der Waals surface area contributed by atoms with Gasteiger partial charge in [-0.15, -0.1) is 0 Å². The molecule has 3 atom stereocenters. The molecule has 3 unspecified atom stereocenters. The van der Waals surface area contributed by atoms with Crippen molar-refractivity contribution in [2.45, 2.75) is 51.0 Å². The molecule has 0 amide bonds. The van der Waals surface area contributed by atoms with E-state index >= 15 is 0 Å². The van der Waals surface area contributed by atoms with Gasteiger partial charge in [0, 0.05) is 25.4 Å². The molecule has 2 rings (SSSR count). The molecule has 0 aromatic heterocycles. The molecule has 1 saturated heterocycles. The number of halogens is 2. The van der Waals surface area contributed by atoms with Crippen molar-refractivity contribution in [3.63, 3.8) is 0 Å². The third-order valence-electron chi connectivity index (χ3n) is 4.44. The summed E-state index contributed by atoms with van der Waals surface area (Å²) in [6, 6.07) is -0.0296. The maximum absolute atomic E-state index is 13.3. The van der Waals surface area contributed by atoms with Crippen LogP contribution in [-0.2, 0) is 4.79 Å². The van der Waals surface area contributed by atoms with Gasteiger partial charge in [-0.25, -0.2) is 8.78 Å². The molecule has 1 saturated carbocycles. The first-order chi connectivity index (χ1) is 8.39. The largest absolute Gasteiger partial charge is 0.481 e. The summed E-state index contributed by atoms with van der Waals surface area (Å²) < 4.78 is 26.6. The molecule has 1 aliphatic carbocycles. The molecule has 1 N–H and O–H groups in total. The molecular weight excluding hydrogens is 240 g/mol. The predicted molar refractivity (Wildman–Crippen MR) is 63.7 cm³/mol. The van der Waals surface area contributed by atoms with E-state index in [-0.39, 0.29) is 30.7 Å². The van der Waals surface area contributed by atoms with Crippen molar-refractivity contribution in [1.82, 2.24) is 4.90 Å². The molecule has 1 aliphatic heterocycles. The SMILES string of the molecule is CC1C(C(=O)O)CCN1CC1CCCC(F)(F)C1. The van der Waals surface area contributed by atoms with Gasteiger partial charge in [-0.05, 0) is 38.6 Å². The number of hydrogen-bond donors (Lipinski definition) is 1. The Hall–Kier alpha value is -0.710. The van der Waals surface area contributed by atoms with E-state index in [0.29, 0.717) is 19.4 Å². The van der Waals surface area contributed by atoms with Gasteiger partial charge in [-0.2, -0.15) is 0 Å². The van der Waals surface area contributed by atoms with Crippen molar-refractivity contribution in [2.75, 3.05) is 13.1 Å². The van der Waals surface area contributed by atoms with Crippen LogP contribution in [0.25, 0.3) is 0 Å². The normalized spacial score (nSPS) is 36.7. The lowest BCUT2D eigenvalue weighted by Crippen LogP contribution is -2.39. The zero-order chi connectivity index (χ0) is 13.3. The molecule has 18 heavy (non-hydrogen) atoms. The number of rotatable bonds is 3. The van der Waals surface area contributed by atoms with Crippen LogP contribution in [0.4, 0.5) is 8.78 Å². The quantitative estimate of drug-likeness (QED) is 0.849. The number of nitrogens with zero attached hydrogens (tertiary/aromatic N) is 1. The van der Waals surface area contributed by atoms with Crippen LogP contribution in [0.1, 0.15) is 39.0 Å². The topological polar surface area (TPSA) is 40.5 Å². The number of carboxylic acids is 1. The second kappa shape index (κ2) is 5.11. The summed E-state index contributed by atoms with van der Waals surface area (Å²) in [7, 11) is 0. The number of alkyl halides is 2. The molecule has 0 radical (unpaired) electrons. The van der Waals surface area contributed by atoms with Gasteiger partial charge in [-0.1, -0.05) is 0 Å². The zero-order valence-corrected chi connectivity index (χ0v) is 10.7. The Morgan fingerprint density at radius 2 is 2.17 bits per heavy atom. The minimum atomic E-state index is -2.52. The fourth-order valence-corrected chi connectivity index (χ4v) is 3.35. The summed E-state index contributed by atoms with van der Waals surface area (Å²) in [5.74, 6) is -3.60. The second-order valence-electron chi connectivity index (χ2n) is 5.79.